The maximum atomic E-state index is 11.0. The molecule has 0 saturated carbocycles. The van der Waals surface area contributed by atoms with E-state index < -0.39 is 6.67 Å². The van der Waals surface area contributed by atoms with Crippen LogP contribution >= 0.6 is 28.3 Å². The van der Waals surface area contributed by atoms with Gasteiger partial charge in [0.25, 0.3) is 0 Å². The fourth-order valence-electron chi connectivity index (χ4n) is 0.0505. The summed E-state index contributed by atoms with van der Waals surface area (Å²) in [4.78, 5) is 0. The Morgan fingerprint density at radius 1 is 1.20 bits per heavy atom. The van der Waals surface area contributed by atoms with Gasteiger partial charge < -0.3 is 5.73 Å². The molecule has 0 aromatic heterocycles. The van der Waals surface area contributed by atoms with Crippen molar-refractivity contribution in [3.8, 4) is 0 Å². The van der Waals surface area contributed by atoms with Crippen molar-refractivity contribution in [2.75, 3.05) is 25.2 Å². The van der Waals surface area contributed by atoms with Crippen LogP contribution in [0.5, 0.6) is 0 Å². The molecule has 0 saturated heterocycles. The van der Waals surface area contributed by atoms with Crippen molar-refractivity contribution >= 4 is 28.3 Å². The van der Waals surface area contributed by atoms with Crippen LogP contribution in [-0.2, 0) is 0 Å². The van der Waals surface area contributed by atoms with Crippen LogP contribution in [0.3, 0.4) is 0 Å². The van der Waals surface area contributed by atoms with Gasteiger partial charge in [-0.3, -0.25) is 4.39 Å². The normalized spacial score (nSPS) is 7.20. The lowest BCUT2D eigenvalue weighted by molar-refractivity contribution is 0.490. The minimum Gasteiger partial charge on any atom is -0.328 e. The van der Waals surface area contributed by atoms with Crippen molar-refractivity contribution in [3.05, 3.63) is 0 Å². The van der Waals surface area contributed by atoms with Crippen LogP contribution in [0.2, 0.25) is 0 Å². The van der Waals surface area contributed by atoms with Crippen LogP contribution < -0.4 is 5.73 Å². The lowest BCUT2D eigenvalue weighted by Gasteiger charge is -1.74. The Kier molecular flexibility index (Phi) is 38.3. The van der Waals surface area contributed by atoms with Crippen molar-refractivity contribution in [2.24, 2.45) is 5.73 Å². The maximum absolute atomic E-state index is 11.0. The molecule has 0 radical (unpaired) electrons. The van der Waals surface area contributed by atoms with E-state index >= 15 is 0 Å². The minimum absolute atomic E-state index is 0. The van der Waals surface area contributed by atoms with Crippen LogP contribution in [-0.4, -0.2) is 25.2 Å². The fourth-order valence-corrected chi connectivity index (χ4v) is 0.262. The van der Waals surface area contributed by atoms with Gasteiger partial charge in [-0.15, -0.1) is 12.4 Å². The Morgan fingerprint density at radius 3 is 1.60 bits per heavy atom. The van der Waals surface area contributed by atoms with Gasteiger partial charge in [-0.05, 0) is 6.42 Å². The Bertz CT molecular complexity index is 38.8. The molecule has 0 aromatic rings. The molecule has 0 aliphatic carbocycles. The standard InChI is InChI=1S/C3H6BrF.C2H6FN.ClH/c4-2-1-3-5;3-1-2-4;/h1-3H2;1-2,4H2;1H. The zero-order chi connectivity index (χ0) is 7.54. The Labute approximate surface area is 74.9 Å². The van der Waals surface area contributed by atoms with Gasteiger partial charge in [-0.1, -0.05) is 15.9 Å². The average molecular weight is 241 g/mol. The number of hydrogen-bond donors (Lipinski definition) is 1. The first-order valence-corrected chi connectivity index (χ1v) is 3.83. The third-order valence-electron chi connectivity index (χ3n) is 0.376. The largest absolute Gasteiger partial charge is 0.328 e. The predicted molar refractivity (Wildman–Crippen MR) is 46.7 cm³/mol. The van der Waals surface area contributed by atoms with Gasteiger partial charge in [0.15, 0.2) is 0 Å². The van der Waals surface area contributed by atoms with E-state index in [1.807, 2.05) is 0 Å². The molecule has 0 bridgehead atoms. The van der Waals surface area contributed by atoms with E-state index in [2.05, 4.69) is 21.7 Å². The summed E-state index contributed by atoms with van der Waals surface area (Å²) in [5, 5.41) is 0.781. The third-order valence-corrected chi connectivity index (χ3v) is 0.937. The van der Waals surface area contributed by atoms with Crippen LogP contribution in [0.1, 0.15) is 6.42 Å². The topological polar surface area (TPSA) is 26.0 Å². The Balaban J connectivity index is -0.0000000910. The molecule has 0 aliphatic rings. The minimum atomic E-state index is -0.403. The Hall–Kier alpha value is 0.590. The first kappa shape index (κ1) is 16.9. The van der Waals surface area contributed by atoms with Crippen molar-refractivity contribution in [3.63, 3.8) is 0 Å². The second-order valence-corrected chi connectivity index (χ2v) is 2.00. The Morgan fingerprint density at radius 2 is 1.60 bits per heavy atom. The number of nitrogens with two attached hydrogens (primary N) is 1. The molecule has 0 unspecified atom stereocenters. The molecule has 0 amide bonds. The summed E-state index contributed by atoms with van der Waals surface area (Å²) in [5.74, 6) is 0. The van der Waals surface area contributed by atoms with E-state index in [1.165, 1.54) is 0 Å². The van der Waals surface area contributed by atoms with E-state index in [0.717, 1.165) is 5.33 Å². The lowest BCUT2D eigenvalue weighted by Crippen LogP contribution is -1.98. The van der Waals surface area contributed by atoms with E-state index in [-0.39, 0.29) is 25.6 Å². The van der Waals surface area contributed by atoms with Gasteiger partial charge in [-0.25, -0.2) is 4.39 Å². The van der Waals surface area contributed by atoms with Crippen molar-refractivity contribution in [1.29, 1.82) is 0 Å². The summed E-state index contributed by atoms with van der Waals surface area (Å²) in [5.41, 5.74) is 4.65. The van der Waals surface area contributed by atoms with E-state index in [1.54, 1.807) is 0 Å². The average Bonchev–Trinajstić information content (AvgIpc) is 1.91. The van der Waals surface area contributed by atoms with Crippen molar-refractivity contribution in [2.45, 2.75) is 6.42 Å². The zero-order valence-electron chi connectivity index (χ0n) is 5.66. The highest BCUT2D eigenvalue weighted by Gasteiger charge is 1.73. The van der Waals surface area contributed by atoms with Gasteiger partial charge in [0.05, 0.1) is 6.67 Å². The molecule has 0 heterocycles. The van der Waals surface area contributed by atoms with Gasteiger partial charge in [0.1, 0.15) is 6.67 Å². The van der Waals surface area contributed by atoms with Crippen LogP contribution in [0.4, 0.5) is 8.78 Å². The smallest absolute Gasteiger partial charge is 0.102 e. The number of rotatable bonds is 3. The summed E-state index contributed by atoms with van der Waals surface area (Å²) in [6.07, 6.45) is 0.639. The molecule has 2 N–H and O–H groups in total. The lowest BCUT2D eigenvalue weighted by atomic mass is 10.6. The maximum Gasteiger partial charge on any atom is 0.102 e. The molecule has 0 spiro atoms. The molecule has 0 aliphatic heterocycles. The second-order valence-electron chi connectivity index (χ2n) is 1.21. The summed E-state index contributed by atoms with van der Waals surface area (Å²) in [7, 11) is 0. The SMILES string of the molecule is Cl.FCCCBr.NCCF. The summed E-state index contributed by atoms with van der Waals surface area (Å²) in [6.45, 7) is -0.453. The van der Waals surface area contributed by atoms with Crippen LogP contribution in [0.25, 0.3) is 0 Å². The first-order valence-electron chi connectivity index (χ1n) is 2.71. The molecule has 0 atom stereocenters. The molecule has 0 fully saturated rings. The number of alkyl halides is 3. The summed E-state index contributed by atoms with van der Waals surface area (Å²) in [6, 6.07) is 0. The molecular weight excluding hydrogens is 227 g/mol. The predicted octanol–water partition coefficient (Wildman–Crippen LogP) is 2.08. The number of hydrogen-bond acceptors (Lipinski definition) is 1. The van der Waals surface area contributed by atoms with Crippen LogP contribution in [0, 0.1) is 0 Å². The van der Waals surface area contributed by atoms with Crippen LogP contribution in [0.15, 0.2) is 0 Å². The van der Waals surface area contributed by atoms with E-state index in [9.17, 15) is 8.78 Å². The summed E-state index contributed by atoms with van der Waals surface area (Å²) >= 11 is 3.07. The molecule has 1 nitrogen and oxygen atoms in total. The first-order chi connectivity index (χ1) is 4.33. The number of halogens is 4. The van der Waals surface area contributed by atoms with Crippen molar-refractivity contribution < 1.29 is 8.78 Å². The van der Waals surface area contributed by atoms with Gasteiger partial charge in [0, 0.05) is 11.9 Å². The fraction of sp³-hybridized carbons (Fsp3) is 1.00. The highest BCUT2D eigenvalue weighted by atomic mass is 79.9. The third kappa shape index (κ3) is 38.4. The molecule has 0 aromatic carbocycles. The van der Waals surface area contributed by atoms with E-state index in [0.29, 0.717) is 6.42 Å². The molecule has 0 rings (SSSR count). The molecule has 10 heavy (non-hydrogen) atoms. The van der Waals surface area contributed by atoms with Gasteiger partial charge in [-0.2, -0.15) is 0 Å². The zero-order valence-corrected chi connectivity index (χ0v) is 8.06. The van der Waals surface area contributed by atoms with E-state index in [4.69, 9.17) is 0 Å². The highest BCUT2D eigenvalue weighted by Crippen LogP contribution is 1.85. The quantitative estimate of drug-likeness (QED) is 0.751. The molecule has 5 heteroatoms. The molecule has 66 valence electrons. The molecular formula is C5H13BrClF2N. The highest BCUT2D eigenvalue weighted by molar-refractivity contribution is 9.09. The summed E-state index contributed by atoms with van der Waals surface area (Å²) < 4.78 is 21.6. The second kappa shape index (κ2) is 22.6. The monoisotopic (exact) mass is 239 g/mol. The van der Waals surface area contributed by atoms with Gasteiger partial charge in [0.2, 0.25) is 0 Å². The van der Waals surface area contributed by atoms with Gasteiger partial charge >= 0.3 is 0 Å². The van der Waals surface area contributed by atoms with Crippen molar-refractivity contribution in [1.82, 2.24) is 0 Å².